The minimum Gasteiger partial charge on any atom is -0.386 e. The van der Waals surface area contributed by atoms with Gasteiger partial charge < -0.3 is 5.11 Å². The highest BCUT2D eigenvalue weighted by atomic mass is 32.1. The molecule has 1 unspecified atom stereocenters. The number of aliphatic hydroxyl groups is 1. The standard InChI is InChI=1S/C9H11NOS/c1-9(2,6-10)8(11)7-4-3-5-12-7/h3-5,8,11H,1-2H3. The maximum atomic E-state index is 9.73. The van der Waals surface area contributed by atoms with Gasteiger partial charge in [0.05, 0.1) is 11.5 Å². The van der Waals surface area contributed by atoms with Crippen LogP contribution in [0.15, 0.2) is 17.5 Å². The van der Waals surface area contributed by atoms with Gasteiger partial charge in [0, 0.05) is 4.88 Å². The molecular formula is C9H11NOS. The number of nitrogens with zero attached hydrogens (tertiary/aromatic N) is 1. The number of rotatable bonds is 2. The largest absolute Gasteiger partial charge is 0.386 e. The molecule has 64 valence electrons. The van der Waals surface area contributed by atoms with Gasteiger partial charge >= 0.3 is 0 Å². The lowest BCUT2D eigenvalue weighted by atomic mass is 9.88. The van der Waals surface area contributed by atoms with E-state index in [-0.39, 0.29) is 0 Å². The van der Waals surface area contributed by atoms with E-state index in [2.05, 4.69) is 6.07 Å². The van der Waals surface area contributed by atoms with Crippen LogP contribution in [0.3, 0.4) is 0 Å². The van der Waals surface area contributed by atoms with Crippen molar-refractivity contribution < 1.29 is 5.11 Å². The lowest BCUT2D eigenvalue weighted by Gasteiger charge is -2.21. The predicted octanol–water partition coefficient (Wildman–Crippen LogP) is 2.33. The Morgan fingerprint density at radius 2 is 2.33 bits per heavy atom. The first-order valence-electron chi connectivity index (χ1n) is 3.70. The van der Waals surface area contributed by atoms with Gasteiger partial charge in [-0.05, 0) is 25.3 Å². The minimum absolute atomic E-state index is 0.678. The molecule has 0 aliphatic rings. The highest BCUT2D eigenvalue weighted by Gasteiger charge is 2.29. The third-order valence-corrected chi connectivity index (χ3v) is 2.71. The van der Waals surface area contributed by atoms with Gasteiger partial charge in [0.1, 0.15) is 6.10 Å². The van der Waals surface area contributed by atoms with Crippen molar-refractivity contribution in [2.75, 3.05) is 0 Å². The van der Waals surface area contributed by atoms with Crippen LogP contribution in [0.5, 0.6) is 0 Å². The summed E-state index contributed by atoms with van der Waals surface area (Å²) >= 11 is 1.47. The zero-order valence-electron chi connectivity index (χ0n) is 7.11. The van der Waals surface area contributed by atoms with Gasteiger partial charge in [-0.25, -0.2) is 0 Å². The summed E-state index contributed by atoms with van der Waals surface area (Å²) in [4.78, 5) is 0.849. The number of aliphatic hydroxyl groups excluding tert-OH is 1. The molecule has 1 rings (SSSR count). The maximum Gasteiger partial charge on any atom is 0.106 e. The molecular weight excluding hydrogens is 170 g/mol. The van der Waals surface area contributed by atoms with Gasteiger partial charge in [0.2, 0.25) is 0 Å². The Morgan fingerprint density at radius 3 is 2.75 bits per heavy atom. The maximum absolute atomic E-state index is 9.73. The van der Waals surface area contributed by atoms with Crippen LogP contribution >= 0.6 is 11.3 Å². The normalized spacial score (nSPS) is 13.8. The fraction of sp³-hybridized carbons (Fsp3) is 0.444. The van der Waals surface area contributed by atoms with E-state index in [1.165, 1.54) is 11.3 Å². The fourth-order valence-electron chi connectivity index (χ4n) is 0.864. The van der Waals surface area contributed by atoms with E-state index in [9.17, 15) is 5.11 Å². The summed E-state index contributed by atoms with van der Waals surface area (Å²) < 4.78 is 0. The van der Waals surface area contributed by atoms with Crippen LogP contribution in [0.25, 0.3) is 0 Å². The smallest absolute Gasteiger partial charge is 0.106 e. The first-order valence-corrected chi connectivity index (χ1v) is 4.58. The van der Waals surface area contributed by atoms with Crippen molar-refractivity contribution in [1.82, 2.24) is 0 Å². The van der Waals surface area contributed by atoms with Gasteiger partial charge in [-0.1, -0.05) is 6.07 Å². The summed E-state index contributed by atoms with van der Waals surface area (Å²) in [5, 5.41) is 20.4. The Balaban J connectivity index is 2.87. The molecule has 1 atom stereocenters. The van der Waals surface area contributed by atoms with Gasteiger partial charge in [-0.2, -0.15) is 5.26 Å². The highest BCUT2D eigenvalue weighted by molar-refractivity contribution is 7.10. The third kappa shape index (κ3) is 1.66. The van der Waals surface area contributed by atoms with Gasteiger partial charge in [-0.3, -0.25) is 0 Å². The van der Waals surface area contributed by atoms with E-state index < -0.39 is 11.5 Å². The zero-order valence-corrected chi connectivity index (χ0v) is 7.93. The van der Waals surface area contributed by atoms with Gasteiger partial charge in [-0.15, -0.1) is 11.3 Å². The van der Waals surface area contributed by atoms with Crippen molar-refractivity contribution in [2.24, 2.45) is 5.41 Å². The molecule has 0 saturated carbocycles. The van der Waals surface area contributed by atoms with E-state index >= 15 is 0 Å². The first kappa shape index (κ1) is 9.24. The van der Waals surface area contributed by atoms with Crippen molar-refractivity contribution in [3.8, 4) is 6.07 Å². The summed E-state index contributed by atoms with van der Waals surface area (Å²) in [6.07, 6.45) is -0.678. The van der Waals surface area contributed by atoms with Crippen molar-refractivity contribution in [2.45, 2.75) is 20.0 Å². The summed E-state index contributed by atoms with van der Waals surface area (Å²) in [6, 6.07) is 5.80. The lowest BCUT2D eigenvalue weighted by Crippen LogP contribution is -2.18. The number of nitriles is 1. The van der Waals surface area contributed by atoms with E-state index in [0.29, 0.717) is 0 Å². The predicted molar refractivity (Wildman–Crippen MR) is 48.7 cm³/mol. The van der Waals surface area contributed by atoms with Crippen LogP contribution in [0.1, 0.15) is 24.8 Å². The van der Waals surface area contributed by atoms with E-state index in [0.717, 1.165) is 4.88 Å². The molecule has 1 N–H and O–H groups in total. The average molecular weight is 181 g/mol. The quantitative estimate of drug-likeness (QED) is 0.761. The summed E-state index contributed by atoms with van der Waals surface area (Å²) in [6.45, 7) is 3.47. The molecule has 0 amide bonds. The highest BCUT2D eigenvalue weighted by Crippen LogP contribution is 2.34. The molecule has 0 spiro atoms. The molecule has 1 aromatic rings. The average Bonchev–Trinajstić information content (AvgIpc) is 2.55. The molecule has 0 radical (unpaired) electrons. The third-order valence-electron chi connectivity index (χ3n) is 1.78. The Bertz CT molecular complexity index is 284. The fourth-order valence-corrected chi connectivity index (χ4v) is 1.76. The molecule has 0 bridgehead atoms. The van der Waals surface area contributed by atoms with Crippen molar-refractivity contribution >= 4 is 11.3 Å². The molecule has 0 fully saturated rings. The SMILES string of the molecule is CC(C)(C#N)C(O)c1cccs1. The Morgan fingerprint density at radius 1 is 1.67 bits per heavy atom. The molecule has 1 heterocycles. The first-order chi connectivity index (χ1) is 5.58. The van der Waals surface area contributed by atoms with Crippen LogP contribution in [-0.2, 0) is 0 Å². The van der Waals surface area contributed by atoms with Crippen molar-refractivity contribution in [1.29, 1.82) is 5.26 Å². The molecule has 2 nitrogen and oxygen atoms in total. The molecule has 0 aliphatic carbocycles. The molecule has 0 aliphatic heterocycles. The minimum atomic E-state index is -0.704. The van der Waals surface area contributed by atoms with Crippen LogP contribution in [0.4, 0.5) is 0 Å². The topological polar surface area (TPSA) is 44.0 Å². The lowest BCUT2D eigenvalue weighted by molar-refractivity contribution is 0.0901. The molecule has 12 heavy (non-hydrogen) atoms. The summed E-state index contributed by atoms with van der Waals surface area (Å²) in [5.74, 6) is 0. The molecule has 3 heteroatoms. The second-order valence-electron chi connectivity index (χ2n) is 3.25. The van der Waals surface area contributed by atoms with Crippen LogP contribution in [-0.4, -0.2) is 5.11 Å². The summed E-state index contributed by atoms with van der Waals surface area (Å²) in [5.41, 5.74) is -0.704. The zero-order chi connectivity index (χ0) is 9.19. The Kier molecular flexibility index (Phi) is 2.51. The van der Waals surface area contributed by atoms with Gasteiger partial charge in [0.15, 0.2) is 0 Å². The monoisotopic (exact) mass is 181 g/mol. The van der Waals surface area contributed by atoms with E-state index in [1.807, 2.05) is 17.5 Å². The van der Waals surface area contributed by atoms with Gasteiger partial charge in [0.25, 0.3) is 0 Å². The number of hydrogen-bond acceptors (Lipinski definition) is 3. The Hall–Kier alpha value is -0.850. The second-order valence-corrected chi connectivity index (χ2v) is 4.23. The van der Waals surface area contributed by atoms with Crippen molar-refractivity contribution in [3.05, 3.63) is 22.4 Å². The molecule has 0 aromatic carbocycles. The Labute approximate surface area is 76.1 Å². The van der Waals surface area contributed by atoms with Crippen LogP contribution in [0, 0.1) is 16.7 Å². The van der Waals surface area contributed by atoms with E-state index in [1.54, 1.807) is 13.8 Å². The van der Waals surface area contributed by atoms with Crippen molar-refractivity contribution in [3.63, 3.8) is 0 Å². The molecule has 1 aromatic heterocycles. The number of thiophene rings is 1. The van der Waals surface area contributed by atoms with Crippen LogP contribution < -0.4 is 0 Å². The number of hydrogen-bond donors (Lipinski definition) is 1. The van der Waals surface area contributed by atoms with E-state index in [4.69, 9.17) is 5.26 Å². The second kappa shape index (κ2) is 3.26. The van der Waals surface area contributed by atoms with Crippen LogP contribution in [0.2, 0.25) is 0 Å². The molecule has 0 saturated heterocycles. The summed E-state index contributed by atoms with van der Waals surface area (Å²) in [7, 11) is 0.